The van der Waals surface area contributed by atoms with Gasteiger partial charge in [0.15, 0.2) is 28.9 Å². The summed E-state index contributed by atoms with van der Waals surface area (Å²) in [5, 5.41) is 48.9. The van der Waals surface area contributed by atoms with E-state index in [-0.39, 0.29) is 17.1 Å². The van der Waals surface area contributed by atoms with Crippen molar-refractivity contribution in [3.8, 4) is 5.75 Å². The van der Waals surface area contributed by atoms with Crippen LogP contribution in [0.25, 0.3) is 0 Å². The Morgan fingerprint density at radius 2 is 1.12 bits per heavy atom. The molecule has 0 amide bonds. The Bertz CT molecular complexity index is 1390. The smallest absolute Gasteiger partial charge is 0.173 e. The van der Waals surface area contributed by atoms with Crippen LogP contribution in [0.2, 0.25) is 0 Å². The van der Waals surface area contributed by atoms with Crippen LogP contribution in [-0.2, 0) is 21.1 Å². The Morgan fingerprint density at radius 1 is 0.676 bits per heavy atom. The highest BCUT2D eigenvalue weighted by atomic mass is 16.3. The lowest BCUT2D eigenvalue weighted by Gasteiger charge is -2.18. The van der Waals surface area contributed by atoms with E-state index in [0.29, 0.717) is 28.8 Å². The van der Waals surface area contributed by atoms with Crippen LogP contribution in [-0.4, -0.2) is 48.5 Å². The van der Waals surface area contributed by atoms with Gasteiger partial charge in [-0.1, -0.05) is 0 Å². The molecule has 3 heterocycles. The molecule has 0 bridgehead atoms. The van der Waals surface area contributed by atoms with Gasteiger partial charge in [0.05, 0.1) is 24.3 Å². The van der Waals surface area contributed by atoms with Gasteiger partial charge in [-0.3, -0.25) is 0 Å². The maximum Gasteiger partial charge on any atom is 0.173 e. The molecule has 14 heteroatoms. The predicted octanol–water partition coefficient (Wildman–Crippen LogP) is 4.90. The minimum Gasteiger partial charge on any atom is -0.504 e. The summed E-state index contributed by atoms with van der Waals surface area (Å²) < 4.78 is 4.71. The van der Waals surface area contributed by atoms with E-state index in [9.17, 15) is 5.11 Å². The zero-order chi connectivity index (χ0) is 24.2. The number of anilines is 1. The van der Waals surface area contributed by atoms with Gasteiger partial charge in [-0.05, 0) is 6.07 Å². The summed E-state index contributed by atoms with van der Waals surface area (Å²) in [6.45, 7) is 0. The summed E-state index contributed by atoms with van der Waals surface area (Å²) in [5.74, 6) is 1.35. The molecule has 0 spiro atoms. The number of phenols is 1. The molecular weight excluding hydrogens is 438 g/mol. The minimum absolute atomic E-state index is 0.143. The van der Waals surface area contributed by atoms with Gasteiger partial charge in [0.1, 0.15) is 11.4 Å². The third kappa shape index (κ3) is 4.55. The van der Waals surface area contributed by atoms with Crippen LogP contribution in [0.5, 0.6) is 5.75 Å². The van der Waals surface area contributed by atoms with E-state index in [0.717, 1.165) is 0 Å². The Morgan fingerprint density at radius 3 is 1.53 bits per heavy atom. The summed E-state index contributed by atoms with van der Waals surface area (Å²) in [4.78, 5) is 1.76. The zero-order valence-electron chi connectivity index (χ0n) is 19.3. The van der Waals surface area contributed by atoms with Crippen LogP contribution in [0.3, 0.4) is 0 Å². The summed E-state index contributed by atoms with van der Waals surface area (Å²) in [6, 6.07) is 6.70. The Labute approximate surface area is 194 Å². The highest BCUT2D eigenvalue weighted by Crippen LogP contribution is 2.50. The first-order valence-electron chi connectivity index (χ1n) is 10.1. The van der Waals surface area contributed by atoms with Crippen LogP contribution in [0.15, 0.2) is 73.5 Å². The molecule has 174 valence electrons. The fourth-order valence-corrected chi connectivity index (χ4v) is 3.02. The van der Waals surface area contributed by atoms with Gasteiger partial charge in [0.25, 0.3) is 0 Å². The molecule has 0 atom stereocenters. The molecule has 0 aliphatic heterocycles. The Kier molecular flexibility index (Phi) is 6.20. The maximum absolute atomic E-state index is 11.1. The quantitative estimate of drug-likeness (QED) is 0.388. The molecule has 1 N–H and O–H groups in total. The second-order valence-corrected chi connectivity index (χ2v) is 7.39. The third-order valence-electron chi connectivity index (χ3n) is 4.81. The van der Waals surface area contributed by atoms with Crippen LogP contribution < -0.4 is 4.90 Å². The largest absolute Gasteiger partial charge is 0.504 e. The molecule has 0 unspecified atom stereocenters. The van der Waals surface area contributed by atoms with Gasteiger partial charge < -0.3 is 10.0 Å². The molecule has 0 fully saturated rings. The van der Waals surface area contributed by atoms with E-state index in [1.807, 2.05) is 0 Å². The second kappa shape index (κ2) is 9.40. The molecular formula is C20H23N13O. The second-order valence-electron chi connectivity index (χ2n) is 7.39. The van der Waals surface area contributed by atoms with Crippen molar-refractivity contribution >= 4 is 40.2 Å². The van der Waals surface area contributed by atoms with E-state index in [2.05, 4.69) is 46.0 Å². The molecule has 3 aromatic heterocycles. The van der Waals surface area contributed by atoms with Gasteiger partial charge in [0.2, 0.25) is 0 Å². The van der Waals surface area contributed by atoms with Crippen molar-refractivity contribution in [3.05, 3.63) is 42.9 Å². The van der Waals surface area contributed by atoms with E-state index in [4.69, 9.17) is 0 Å². The van der Waals surface area contributed by atoms with Gasteiger partial charge in [-0.15, -0.1) is 30.7 Å². The minimum atomic E-state index is -0.208. The van der Waals surface area contributed by atoms with Gasteiger partial charge in [0, 0.05) is 53.4 Å². The van der Waals surface area contributed by atoms with Crippen molar-refractivity contribution in [2.75, 3.05) is 19.0 Å². The lowest BCUT2D eigenvalue weighted by molar-refractivity contribution is 0.477. The van der Waals surface area contributed by atoms with Crippen molar-refractivity contribution in [1.29, 1.82) is 0 Å². The summed E-state index contributed by atoms with van der Waals surface area (Å²) in [5.41, 5.74) is 1.20. The number of nitrogens with zero attached hydrogens (tertiary/aromatic N) is 13. The van der Waals surface area contributed by atoms with E-state index >= 15 is 0 Å². The van der Waals surface area contributed by atoms with Gasteiger partial charge in [-0.2, -0.15) is 15.3 Å². The van der Waals surface area contributed by atoms with Crippen LogP contribution in [0, 0.1) is 0 Å². The fraction of sp³-hybridized carbons (Fsp3) is 0.250. The third-order valence-corrected chi connectivity index (χ3v) is 4.81. The highest BCUT2D eigenvalue weighted by molar-refractivity contribution is 5.88. The van der Waals surface area contributed by atoms with Crippen molar-refractivity contribution in [2.24, 2.45) is 51.8 Å². The Hall–Kier alpha value is -4.75. The van der Waals surface area contributed by atoms with Crippen LogP contribution in [0.4, 0.5) is 40.2 Å². The molecule has 4 aromatic rings. The normalized spacial score (nSPS) is 12.0. The van der Waals surface area contributed by atoms with Gasteiger partial charge in [-0.25, -0.2) is 14.0 Å². The average molecular weight is 461 g/mol. The van der Waals surface area contributed by atoms with Crippen LogP contribution in [0.1, 0.15) is 0 Å². The van der Waals surface area contributed by atoms with E-state index in [1.54, 1.807) is 97.0 Å². The lowest BCUT2D eigenvalue weighted by atomic mass is 10.1. The van der Waals surface area contributed by atoms with Gasteiger partial charge >= 0.3 is 0 Å². The number of aromatic nitrogens is 6. The molecule has 0 saturated carbocycles. The molecule has 14 nitrogen and oxygen atoms in total. The Balaban J connectivity index is 1.87. The molecule has 1 aromatic carbocycles. The predicted molar refractivity (Wildman–Crippen MR) is 125 cm³/mol. The number of aryl methyl sites for hydroxylation is 3. The number of hydrogen-bond acceptors (Lipinski definition) is 11. The number of phenolic OH excluding ortho intramolecular Hbond substituents is 1. The monoisotopic (exact) mass is 461 g/mol. The van der Waals surface area contributed by atoms with E-state index in [1.165, 1.54) is 0 Å². The first kappa shape index (κ1) is 22.4. The zero-order valence-corrected chi connectivity index (χ0v) is 19.3. The number of hydrogen-bond donors (Lipinski definition) is 1. The van der Waals surface area contributed by atoms with E-state index < -0.39 is 0 Å². The summed E-state index contributed by atoms with van der Waals surface area (Å²) in [7, 11) is 8.85. The van der Waals surface area contributed by atoms with Crippen molar-refractivity contribution in [2.45, 2.75) is 0 Å². The number of aromatic hydroxyl groups is 1. The summed E-state index contributed by atoms with van der Waals surface area (Å²) in [6.07, 6.45) is 4.83. The topological polar surface area (TPSA) is 151 Å². The molecule has 4 rings (SSSR count). The maximum atomic E-state index is 11.1. The first-order valence-corrected chi connectivity index (χ1v) is 10.1. The number of azo groups is 3. The molecule has 0 aliphatic carbocycles. The first-order chi connectivity index (χ1) is 16.3. The van der Waals surface area contributed by atoms with Crippen molar-refractivity contribution in [3.63, 3.8) is 0 Å². The molecule has 0 radical (unpaired) electrons. The number of benzene rings is 1. The fourth-order valence-electron chi connectivity index (χ4n) is 3.02. The highest BCUT2D eigenvalue weighted by Gasteiger charge is 2.21. The lowest BCUT2D eigenvalue weighted by Crippen LogP contribution is -2.09. The standard InChI is InChI=1S/C20H23N13O/c1-30(2)19-13(24-26-15-6-9-21-31(15)3)12-14(25-27-16-7-10-22-32(16)4)20(34)18(19)29-28-17-8-11-23-33(17)5/h6-12,34H,1-5H3/b26-24+,27-25+,29-28+. The average Bonchev–Trinajstić information content (AvgIpc) is 3.52. The van der Waals surface area contributed by atoms with Crippen LogP contribution >= 0.6 is 0 Å². The van der Waals surface area contributed by atoms with Crippen molar-refractivity contribution in [1.82, 2.24) is 29.3 Å². The summed E-state index contributed by atoms with van der Waals surface area (Å²) >= 11 is 0. The molecule has 0 saturated heterocycles. The number of rotatable bonds is 7. The SMILES string of the molecule is CN(C)c1c(/N=N/c2ccnn2C)cc(/N=N/c2ccnn2C)c(O)c1/N=N/c1ccnn1C. The molecule has 0 aliphatic rings. The molecule has 34 heavy (non-hydrogen) atoms. The van der Waals surface area contributed by atoms with Crippen molar-refractivity contribution < 1.29 is 5.11 Å².